The topological polar surface area (TPSA) is 74.1 Å². The fourth-order valence-electron chi connectivity index (χ4n) is 3.27. The van der Waals surface area contributed by atoms with Crippen molar-refractivity contribution in [1.82, 2.24) is 4.40 Å². The van der Waals surface area contributed by atoms with Crippen LogP contribution in [0.1, 0.15) is 38.9 Å². The minimum Gasteiger partial charge on any atom is -0.497 e. The van der Waals surface area contributed by atoms with Gasteiger partial charge in [-0.3, -0.25) is 14.0 Å². The molecule has 0 atom stereocenters. The molecule has 2 heterocycles. The Morgan fingerprint density at radius 1 is 1.09 bits per heavy atom. The number of hydrogen-bond acceptors (Lipinski definition) is 6. The van der Waals surface area contributed by atoms with Crippen LogP contribution in [0.15, 0.2) is 59.4 Å². The number of fused-ring (bicyclic) bond motifs is 1. The second-order valence-corrected chi connectivity index (χ2v) is 8.30. The predicted molar refractivity (Wildman–Crippen MR) is 124 cm³/mol. The Morgan fingerprint density at radius 3 is 2.41 bits per heavy atom. The van der Waals surface area contributed by atoms with Crippen molar-refractivity contribution in [2.24, 2.45) is 0 Å². The summed E-state index contributed by atoms with van der Waals surface area (Å²) in [5.74, 6) is -0.278. The number of methoxy groups -OCH3 is 1. The molecule has 2 aromatic heterocycles. The number of nitrogens with zero attached hydrogens (tertiary/aromatic N) is 1. The number of aromatic nitrogens is 1. The molecule has 0 saturated heterocycles. The Labute approximate surface area is 192 Å². The van der Waals surface area contributed by atoms with E-state index in [9.17, 15) is 14.4 Å². The van der Waals surface area contributed by atoms with E-state index in [-0.39, 0.29) is 23.4 Å². The van der Waals surface area contributed by atoms with Crippen molar-refractivity contribution in [3.63, 3.8) is 0 Å². The van der Waals surface area contributed by atoms with Crippen molar-refractivity contribution in [1.29, 1.82) is 0 Å². The van der Waals surface area contributed by atoms with E-state index < -0.39 is 11.8 Å². The van der Waals surface area contributed by atoms with Gasteiger partial charge < -0.3 is 9.47 Å². The molecular weight excluding hydrogens is 450 g/mol. The van der Waals surface area contributed by atoms with Gasteiger partial charge >= 0.3 is 5.97 Å². The average Bonchev–Trinajstić information content (AvgIpc) is 3.32. The van der Waals surface area contributed by atoms with E-state index in [1.165, 1.54) is 10.5 Å². The number of ether oxygens (including phenoxy) is 2. The van der Waals surface area contributed by atoms with Crippen LogP contribution in [0.3, 0.4) is 0 Å². The van der Waals surface area contributed by atoms with Crippen molar-refractivity contribution in [2.75, 3.05) is 13.7 Å². The van der Waals surface area contributed by atoms with Gasteiger partial charge in [0.15, 0.2) is 0 Å². The summed E-state index contributed by atoms with van der Waals surface area (Å²) in [7, 11) is 1.58. The summed E-state index contributed by atoms with van der Waals surface area (Å²) < 4.78 is 12.0. The summed E-state index contributed by atoms with van der Waals surface area (Å²) in [6.07, 6.45) is 1.71. The fourth-order valence-corrected chi connectivity index (χ4v) is 4.50. The van der Waals surface area contributed by atoms with Gasteiger partial charge in [0.2, 0.25) is 5.78 Å². The molecule has 32 heavy (non-hydrogen) atoms. The number of hydrogen-bond donors (Lipinski definition) is 0. The summed E-state index contributed by atoms with van der Waals surface area (Å²) in [4.78, 5) is 39.3. The van der Waals surface area contributed by atoms with Crippen molar-refractivity contribution >= 4 is 45.6 Å². The maximum atomic E-state index is 13.3. The molecule has 0 aliphatic carbocycles. The molecule has 6 nitrogen and oxygen atoms in total. The number of ketones is 1. The predicted octanol–water partition coefficient (Wildman–Crippen LogP) is 3.98. The maximum Gasteiger partial charge on any atom is 0.341 e. The lowest BCUT2D eigenvalue weighted by molar-refractivity contribution is 0.0529. The number of benzene rings is 2. The Morgan fingerprint density at radius 2 is 1.78 bits per heavy atom. The van der Waals surface area contributed by atoms with Crippen LogP contribution < -0.4 is 14.8 Å². The smallest absolute Gasteiger partial charge is 0.341 e. The van der Waals surface area contributed by atoms with E-state index in [2.05, 4.69) is 0 Å². The van der Waals surface area contributed by atoms with Crippen molar-refractivity contribution < 1.29 is 19.1 Å². The quantitative estimate of drug-likeness (QED) is 0.317. The first-order chi connectivity index (χ1) is 15.4. The van der Waals surface area contributed by atoms with E-state index in [1.54, 1.807) is 56.5 Å². The third-order valence-corrected chi connectivity index (χ3v) is 6.18. The highest BCUT2D eigenvalue weighted by Gasteiger charge is 2.25. The molecule has 2 aromatic carbocycles. The van der Waals surface area contributed by atoms with E-state index in [0.29, 0.717) is 25.7 Å². The lowest BCUT2D eigenvalue weighted by atomic mass is 10.1. The van der Waals surface area contributed by atoms with Gasteiger partial charge in [-0.1, -0.05) is 23.7 Å². The molecule has 0 unspecified atom stereocenters. The third-order valence-electron chi connectivity index (χ3n) is 4.82. The van der Waals surface area contributed by atoms with Gasteiger partial charge in [0.25, 0.3) is 5.56 Å². The molecule has 0 spiro atoms. The van der Waals surface area contributed by atoms with Gasteiger partial charge in [-0.25, -0.2) is 4.79 Å². The zero-order valence-electron chi connectivity index (χ0n) is 17.3. The second kappa shape index (κ2) is 8.98. The molecule has 0 amide bonds. The molecule has 0 radical (unpaired) electrons. The Balaban J connectivity index is 1.91. The van der Waals surface area contributed by atoms with Gasteiger partial charge in [-0.15, -0.1) is 11.3 Å². The zero-order valence-corrected chi connectivity index (χ0v) is 18.8. The third kappa shape index (κ3) is 4.04. The number of thiazole rings is 1. The molecule has 4 rings (SSSR count). The summed E-state index contributed by atoms with van der Waals surface area (Å²) in [6, 6.07) is 15.0. The van der Waals surface area contributed by atoms with E-state index in [0.717, 1.165) is 16.9 Å². The van der Waals surface area contributed by atoms with Crippen molar-refractivity contribution in [2.45, 2.75) is 6.92 Å². The molecule has 0 aliphatic heterocycles. The Hall–Kier alpha value is -3.42. The van der Waals surface area contributed by atoms with Crippen LogP contribution in [0.5, 0.6) is 5.75 Å². The molecule has 4 aromatic rings. The van der Waals surface area contributed by atoms with Crippen LogP contribution in [-0.4, -0.2) is 29.9 Å². The van der Waals surface area contributed by atoms with Crippen molar-refractivity contribution in [3.8, 4) is 5.75 Å². The minimum absolute atomic E-state index is 0.0982. The largest absolute Gasteiger partial charge is 0.497 e. The first-order valence-corrected chi connectivity index (χ1v) is 10.9. The fraction of sp³-hybridized carbons (Fsp3) is 0.125. The van der Waals surface area contributed by atoms with Crippen LogP contribution in [0.2, 0.25) is 5.02 Å². The molecule has 0 N–H and O–H groups in total. The molecule has 0 saturated carbocycles. The molecule has 0 fully saturated rings. The molecular formula is C24H18ClNO5S. The van der Waals surface area contributed by atoms with Gasteiger partial charge in [-0.05, 0) is 61.0 Å². The highest BCUT2D eigenvalue weighted by atomic mass is 35.5. The molecule has 0 aliphatic rings. The van der Waals surface area contributed by atoms with Crippen LogP contribution in [-0.2, 0) is 4.74 Å². The number of carbonyl (C=O) groups is 2. The highest BCUT2D eigenvalue weighted by Crippen LogP contribution is 2.22. The van der Waals surface area contributed by atoms with E-state index >= 15 is 0 Å². The second-order valence-electron chi connectivity index (χ2n) is 6.83. The summed E-state index contributed by atoms with van der Waals surface area (Å²) in [6.45, 7) is 1.87. The van der Waals surface area contributed by atoms with Crippen LogP contribution >= 0.6 is 22.9 Å². The number of esters is 1. The van der Waals surface area contributed by atoms with E-state index in [4.69, 9.17) is 21.1 Å². The highest BCUT2D eigenvalue weighted by molar-refractivity contribution is 7.15. The first kappa shape index (κ1) is 21.8. The normalized spacial score (nSPS) is 11.7. The van der Waals surface area contributed by atoms with Crippen LogP contribution in [0.4, 0.5) is 0 Å². The lowest BCUT2D eigenvalue weighted by Crippen LogP contribution is -2.25. The standard InChI is InChI=1S/C24H18ClNO5S/c1-3-31-24(29)18-13-19(21(27)15-6-8-16(25)9-7-15)26-22(28)20(32-23(18)26)12-14-4-10-17(30-2)11-5-14/h4-13H,3H2,1-2H3/b20-12+. The first-order valence-electron chi connectivity index (χ1n) is 9.74. The average molecular weight is 468 g/mol. The Bertz CT molecular complexity index is 1420. The lowest BCUT2D eigenvalue weighted by Gasteiger charge is -2.00. The number of halogens is 1. The SMILES string of the molecule is CCOC(=O)c1cc(C(=O)c2ccc(Cl)cc2)n2c(=O)/c(=C\c3ccc(OC)cc3)sc12. The monoisotopic (exact) mass is 467 g/mol. The molecule has 0 bridgehead atoms. The molecule has 8 heteroatoms. The molecule has 162 valence electrons. The van der Waals surface area contributed by atoms with Gasteiger partial charge in [0, 0.05) is 10.6 Å². The van der Waals surface area contributed by atoms with Gasteiger partial charge in [0.05, 0.1) is 29.5 Å². The number of carbonyl (C=O) groups excluding carboxylic acids is 2. The van der Waals surface area contributed by atoms with Gasteiger partial charge in [-0.2, -0.15) is 0 Å². The van der Waals surface area contributed by atoms with Crippen molar-refractivity contribution in [3.05, 3.63) is 96.9 Å². The summed E-state index contributed by atoms with van der Waals surface area (Å²) in [5, 5.41) is 0.491. The Kier molecular flexibility index (Phi) is 6.12. The minimum atomic E-state index is -0.586. The van der Waals surface area contributed by atoms with E-state index in [1.807, 2.05) is 12.1 Å². The maximum absolute atomic E-state index is 13.3. The number of rotatable bonds is 6. The van der Waals surface area contributed by atoms with Crippen LogP contribution in [0, 0.1) is 0 Å². The summed E-state index contributed by atoms with van der Waals surface area (Å²) >= 11 is 7.06. The summed E-state index contributed by atoms with van der Waals surface area (Å²) in [5.41, 5.74) is 1.04. The zero-order chi connectivity index (χ0) is 22.8. The van der Waals surface area contributed by atoms with Crippen LogP contribution in [0.25, 0.3) is 10.9 Å². The van der Waals surface area contributed by atoms with Gasteiger partial charge in [0.1, 0.15) is 10.6 Å².